The van der Waals surface area contributed by atoms with Gasteiger partial charge in [0, 0.05) is 34.9 Å². The maximum Gasteiger partial charge on any atom is 0.269 e. The number of amides is 1. The van der Waals surface area contributed by atoms with E-state index in [1.165, 1.54) is 12.1 Å². The van der Waals surface area contributed by atoms with Crippen molar-refractivity contribution >= 4 is 40.5 Å². The number of anilines is 1. The number of carbonyl (C=O) groups excluding carboxylic acids is 1. The molecule has 0 spiro atoms. The van der Waals surface area contributed by atoms with Gasteiger partial charge in [-0.25, -0.2) is 0 Å². The molecule has 0 saturated heterocycles. The van der Waals surface area contributed by atoms with Gasteiger partial charge in [0.1, 0.15) is 5.75 Å². The third-order valence-corrected chi connectivity index (χ3v) is 4.44. The average molecular weight is 394 g/mol. The number of aromatic hydroxyl groups is 1. The molecule has 2 aromatic carbocycles. The number of rotatable bonds is 7. The fraction of sp³-hybridized carbons (Fsp3) is 0.211. The molecule has 138 valence electrons. The van der Waals surface area contributed by atoms with Gasteiger partial charge in [-0.05, 0) is 50.2 Å². The lowest BCUT2D eigenvalue weighted by Gasteiger charge is -2.21. The van der Waals surface area contributed by atoms with Crippen LogP contribution in [0.5, 0.6) is 5.75 Å². The summed E-state index contributed by atoms with van der Waals surface area (Å²) in [5, 5.41) is 10.5. The van der Waals surface area contributed by atoms with Crippen molar-refractivity contribution in [2.45, 2.75) is 13.8 Å². The van der Waals surface area contributed by atoms with E-state index in [0.717, 1.165) is 18.8 Å². The highest BCUT2D eigenvalue weighted by molar-refractivity contribution is 6.35. The van der Waals surface area contributed by atoms with Crippen molar-refractivity contribution < 1.29 is 9.90 Å². The summed E-state index contributed by atoms with van der Waals surface area (Å²) in [6.45, 7) is 9.74. The molecule has 0 heterocycles. The van der Waals surface area contributed by atoms with Gasteiger partial charge in [0.25, 0.3) is 5.91 Å². The summed E-state index contributed by atoms with van der Waals surface area (Å²) in [4.78, 5) is 14.5. The van der Waals surface area contributed by atoms with Gasteiger partial charge in [-0.15, -0.1) is 0 Å². The summed E-state index contributed by atoms with van der Waals surface area (Å²) >= 11 is 11.8. The Morgan fingerprint density at radius 2 is 1.73 bits per heavy atom. The van der Waals surface area contributed by atoms with E-state index in [-0.39, 0.29) is 22.4 Å². The van der Waals surface area contributed by atoms with Gasteiger partial charge in [0.2, 0.25) is 0 Å². The minimum atomic E-state index is -0.329. The largest absolute Gasteiger partial charge is 0.506 e. The minimum absolute atomic E-state index is 0.105. The van der Waals surface area contributed by atoms with Crippen LogP contribution in [0.2, 0.25) is 10.0 Å². The smallest absolute Gasteiger partial charge is 0.269 e. The molecule has 2 rings (SSSR count). The standard InChI is InChI=1S/C19H21Cl2N3O2/c1-4-24(5-2)15-8-6-13(7-9-15)19(26)23-22-12(3)16-10-14(20)11-17(21)18(16)25/h6-11,22,25H,3-5H2,1-2H3,(H,23,26). The third kappa shape index (κ3) is 4.62. The van der Waals surface area contributed by atoms with Gasteiger partial charge < -0.3 is 10.0 Å². The van der Waals surface area contributed by atoms with E-state index in [4.69, 9.17) is 23.2 Å². The van der Waals surface area contributed by atoms with Crippen LogP contribution in [-0.2, 0) is 0 Å². The van der Waals surface area contributed by atoms with Crippen LogP contribution < -0.4 is 15.8 Å². The Balaban J connectivity index is 2.03. The fourth-order valence-electron chi connectivity index (χ4n) is 2.48. The SMILES string of the molecule is C=C(NNC(=O)c1ccc(N(CC)CC)cc1)c1cc(Cl)cc(Cl)c1O. The van der Waals surface area contributed by atoms with E-state index in [2.05, 4.69) is 36.2 Å². The summed E-state index contributed by atoms with van der Waals surface area (Å²) in [6.07, 6.45) is 0. The number of hydrazine groups is 1. The van der Waals surface area contributed by atoms with Crippen LogP contribution in [0.4, 0.5) is 5.69 Å². The lowest BCUT2D eigenvalue weighted by molar-refractivity contribution is 0.0942. The predicted molar refractivity (Wildman–Crippen MR) is 108 cm³/mol. The number of benzene rings is 2. The zero-order valence-corrected chi connectivity index (χ0v) is 16.2. The summed E-state index contributed by atoms with van der Waals surface area (Å²) < 4.78 is 0. The zero-order valence-electron chi connectivity index (χ0n) is 14.6. The molecule has 0 fully saturated rings. The maximum absolute atomic E-state index is 12.3. The van der Waals surface area contributed by atoms with Crippen molar-refractivity contribution in [1.82, 2.24) is 10.9 Å². The van der Waals surface area contributed by atoms with E-state index in [9.17, 15) is 9.90 Å². The van der Waals surface area contributed by atoms with Gasteiger partial charge in [-0.1, -0.05) is 29.8 Å². The molecule has 0 radical (unpaired) electrons. The van der Waals surface area contributed by atoms with Crippen molar-refractivity contribution in [3.63, 3.8) is 0 Å². The van der Waals surface area contributed by atoms with Crippen molar-refractivity contribution in [3.8, 4) is 5.75 Å². The lowest BCUT2D eigenvalue weighted by Crippen LogP contribution is -2.35. The number of halogens is 2. The van der Waals surface area contributed by atoms with Crippen LogP contribution in [0.1, 0.15) is 29.8 Å². The molecule has 0 aliphatic rings. The predicted octanol–water partition coefficient (Wildman–Crippen LogP) is 4.45. The second kappa shape index (κ2) is 8.83. The molecule has 0 aromatic heterocycles. The molecule has 0 aliphatic carbocycles. The number of hydrogen-bond acceptors (Lipinski definition) is 4. The second-order valence-corrected chi connectivity index (χ2v) is 6.40. The molecule has 0 unspecified atom stereocenters. The average Bonchev–Trinajstić information content (AvgIpc) is 2.64. The van der Waals surface area contributed by atoms with Crippen molar-refractivity contribution in [2.24, 2.45) is 0 Å². The summed E-state index contributed by atoms with van der Waals surface area (Å²) in [7, 11) is 0. The first-order valence-electron chi connectivity index (χ1n) is 8.16. The number of carbonyl (C=O) groups is 1. The van der Waals surface area contributed by atoms with Crippen LogP contribution in [-0.4, -0.2) is 24.1 Å². The monoisotopic (exact) mass is 393 g/mol. The Bertz CT molecular complexity index is 803. The van der Waals surface area contributed by atoms with Gasteiger partial charge in [-0.3, -0.25) is 15.6 Å². The van der Waals surface area contributed by atoms with Crippen molar-refractivity contribution in [3.05, 3.63) is 64.1 Å². The zero-order chi connectivity index (χ0) is 19.3. The molecular weight excluding hydrogens is 373 g/mol. The van der Waals surface area contributed by atoms with Crippen LogP contribution in [0, 0.1) is 0 Å². The lowest BCUT2D eigenvalue weighted by atomic mass is 10.1. The van der Waals surface area contributed by atoms with Gasteiger partial charge >= 0.3 is 0 Å². The quantitative estimate of drug-likeness (QED) is 0.607. The highest BCUT2D eigenvalue weighted by Gasteiger charge is 2.12. The van der Waals surface area contributed by atoms with E-state index < -0.39 is 0 Å². The van der Waals surface area contributed by atoms with Gasteiger partial charge in [0.15, 0.2) is 0 Å². The Kier molecular flexibility index (Phi) is 6.77. The number of phenolic OH excluding ortho intramolecular Hbond substituents is 1. The van der Waals surface area contributed by atoms with Crippen LogP contribution in [0.15, 0.2) is 43.0 Å². The first kappa shape index (κ1) is 19.9. The molecule has 0 bridgehead atoms. The molecule has 26 heavy (non-hydrogen) atoms. The summed E-state index contributed by atoms with van der Waals surface area (Å²) in [5.74, 6) is -0.490. The van der Waals surface area contributed by atoms with Crippen LogP contribution in [0.3, 0.4) is 0 Å². The van der Waals surface area contributed by atoms with Crippen LogP contribution >= 0.6 is 23.2 Å². The number of phenols is 1. The Labute approximate surface area is 163 Å². The molecule has 7 heteroatoms. The molecule has 0 aliphatic heterocycles. The summed E-state index contributed by atoms with van der Waals surface area (Å²) in [6, 6.07) is 10.2. The number of hydrogen-bond donors (Lipinski definition) is 3. The van der Waals surface area contributed by atoms with E-state index in [0.29, 0.717) is 16.1 Å². The molecular formula is C19H21Cl2N3O2. The minimum Gasteiger partial charge on any atom is -0.506 e. The molecule has 1 amide bonds. The Morgan fingerprint density at radius 1 is 1.12 bits per heavy atom. The van der Waals surface area contributed by atoms with Crippen LogP contribution in [0.25, 0.3) is 5.70 Å². The molecule has 2 aromatic rings. The molecule has 3 N–H and O–H groups in total. The molecule has 0 saturated carbocycles. The third-order valence-electron chi connectivity index (χ3n) is 3.94. The highest BCUT2D eigenvalue weighted by atomic mass is 35.5. The van der Waals surface area contributed by atoms with Crippen molar-refractivity contribution in [1.29, 1.82) is 0 Å². The fourth-order valence-corrected chi connectivity index (χ4v) is 2.97. The second-order valence-electron chi connectivity index (χ2n) is 5.56. The van der Waals surface area contributed by atoms with E-state index in [1.54, 1.807) is 12.1 Å². The molecule has 5 nitrogen and oxygen atoms in total. The van der Waals surface area contributed by atoms with E-state index in [1.807, 2.05) is 12.1 Å². The highest BCUT2D eigenvalue weighted by Crippen LogP contribution is 2.33. The summed E-state index contributed by atoms with van der Waals surface area (Å²) in [5.41, 5.74) is 7.33. The van der Waals surface area contributed by atoms with E-state index >= 15 is 0 Å². The van der Waals surface area contributed by atoms with Gasteiger partial charge in [-0.2, -0.15) is 0 Å². The Hall–Kier alpha value is -2.37. The topological polar surface area (TPSA) is 64.6 Å². The normalized spacial score (nSPS) is 10.3. The Morgan fingerprint density at radius 3 is 2.31 bits per heavy atom. The van der Waals surface area contributed by atoms with Crippen molar-refractivity contribution in [2.75, 3.05) is 18.0 Å². The van der Waals surface area contributed by atoms with Gasteiger partial charge in [0.05, 0.1) is 10.7 Å². The maximum atomic E-state index is 12.3. The number of nitrogens with zero attached hydrogens (tertiary/aromatic N) is 1. The first-order valence-corrected chi connectivity index (χ1v) is 8.91. The molecule has 0 atom stereocenters. The number of nitrogens with one attached hydrogen (secondary N) is 2. The first-order chi connectivity index (χ1) is 12.4.